The smallest absolute Gasteiger partial charge is 0.335 e. The van der Waals surface area contributed by atoms with Gasteiger partial charge in [0.15, 0.2) is 0 Å². The van der Waals surface area contributed by atoms with Crippen LogP contribution in [0.15, 0.2) is 65.8 Å². The van der Waals surface area contributed by atoms with Gasteiger partial charge in [-0.05, 0) is 67.0 Å². The van der Waals surface area contributed by atoms with Gasteiger partial charge in [-0.1, -0.05) is 50.5 Å². The molecule has 1 unspecified atom stereocenters. The van der Waals surface area contributed by atoms with Crippen molar-refractivity contribution < 1.29 is 14.6 Å². The molecule has 1 atom stereocenters. The summed E-state index contributed by atoms with van der Waals surface area (Å²) < 4.78 is 9.48. The number of nitrogens with one attached hydrogen (secondary N) is 2. The fourth-order valence-corrected chi connectivity index (χ4v) is 5.13. The van der Waals surface area contributed by atoms with E-state index in [4.69, 9.17) is 17.6 Å². The van der Waals surface area contributed by atoms with Crippen LogP contribution in [0.25, 0.3) is 11.3 Å². The first kappa shape index (κ1) is 31.0. The molecule has 42 heavy (non-hydrogen) atoms. The third-order valence-electron chi connectivity index (χ3n) is 6.35. The fourth-order valence-electron chi connectivity index (χ4n) is 4.50. The van der Waals surface area contributed by atoms with Crippen molar-refractivity contribution in [2.24, 2.45) is 5.41 Å². The molecule has 0 aliphatic carbocycles. The van der Waals surface area contributed by atoms with E-state index in [1.807, 2.05) is 44.2 Å². The van der Waals surface area contributed by atoms with E-state index in [0.717, 1.165) is 33.7 Å². The number of ether oxygens (including phenoxy) is 1. The summed E-state index contributed by atoms with van der Waals surface area (Å²) in [6.45, 7) is 11.5. The molecule has 0 aliphatic heterocycles. The van der Waals surface area contributed by atoms with Gasteiger partial charge < -0.3 is 15.2 Å². The van der Waals surface area contributed by atoms with Crippen LogP contribution in [0.5, 0.6) is 5.88 Å². The molecule has 216 valence electrons. The number of aromatic carboxylic acids is 1. The summed E-state index contributed by atoms with van der Waals surface area (Å²) in [4.78, 5) is 30.1. The first-order valence-corrected chi connectivity index (χ1v) is 14.4. The number of carbonyl (C=O) groups is 1. The second-order valence-electron chi connectivity index (χ2n) is 11.3. The minimum Gasteiger partial charge on any atom is -0.478 e. The van der Waals surface area contributed by atoms with Gasteiger partial charge in [-0.25, -0.2) is 19.7 Å². The number of anilines is 1. The molecule has 4 rings (SSSR count). The van der Waals surface area contributed by atoms with Crippen LogP contribution in [0.4, 0.5) is 5.95 Å². The minimum absolute atomic E-state index is 0.00527. The van der Waals surface area contributed by atoms with Crippen molar-refractivity contribution in [2.75, 3.05) is 11.3 Å². The summed E-state index contributed by atoms with van der Waals surface area (Å²) in [7, 11) is 5.73. The van der Waals surface area contributed by atoms with E-state index in [2.05, 4.69) is 45.8 Å². The second-order valence-corrected chi connectivity index (χ2v) is 12.2. The first-order valence-electron chi connectivity index (χ1n) is 13.6. The number of rotatable bonds is 12. The van der Waals surface area contributed by atoms with Crippen LogP contribution in [0.3, 0.4) is 0 Å². The minimum atomic E-state index is -0.984. The lowest BCUT2D eigenvalue weighted by atomic mass is 9.88. The largest absolute Gasteiger partial charge is 0.478 e. The maximum atomic E-state index is 11.4. The summed E-state index contributed by atoms with van der Waals surface area (Å²) in [5.41, 5.74) is 4.69. The van der Waals surface area contributed by atoms with Gasteiger partial charge in [-0.3, -0.25) is 4.72 Å². The number of carboxylic acids is 1. The Morgan fingerprint density at radius 3 is 2.40 bits per heavy atom. The fraction of sp³-hybridized carbons (Fsp3) is 0.323. The number of hydrogen-bond acceptors (Lipinski definition) is 9. The van der Waals surface area contributed by atoms with Crippen LogP contribution in [-0.4, -0.2) is 51.5 Å². The molecular weight excluding hydrogens is 547 g/mol. The van der Waals surface area contributed by atoms with Crippen molar-refractivity contribution in [1.82, 2.24) is 25.3 Å². The lowest BCUT2D eigenvalue weighted by molar-refractivity contribution is 0.0696. The van der Waals surface area contributed by atoms with Crippen molar-refractivity contribution in [1.29, 1.82) is 0 Å². The van der Waals surface area contributed by atoms with Crippen LogP contribution in [0, 0.1) is 19.3 Å². The lowest BCUT2D eigenvalue weighted by Crippen LogP contribution is -2.38. The number of aryl methyl sites for hydroxylation is 2. The van der Waals surface area contributed by atoms with Crippen molar-refractivity contribution in [2.45, 2.75) is 58.5 Å². The Labute approximate surface area is 252 Å². The van der Waals surface area contributed by atoms with Crippen LogP contribution in [-0.2, 0) is 6.54 Å². The zero-order valence-electron chi connectivity index (χ0n) is 24.5. The molecule has 0 saturated carbocycles. The Morgan fingerprint density at radius 1 is 1.05 bits per heavy atom. The monoisotopic (exact) mass is 582 g/mol. The third kappa shape index (κ3) is 9.02. The molecule has 2 radical (unpaired) electrons. The standard InChI is InChI=1S/C31H35BN6O3S/c1-19-8-6-9-20(2)28(19)25-13-27(37-30(36-25)38-42-24-11-7-10-21(12-24)29(39)40)41-18-23(14-31(3,4)5)33-17-26-34-15-22(32)16-35-26/h6-13,15-16,23,33H,14,17-18H2,1-5H3,(H,39,40)(H,36,37,38). The molecule has 2 heterocycles. The highest BCUT2D eigenvalue weighted by atomic mass is 32.2. The molecule has 0 bridgehead atoms. The van der Waals surface area contributed by atoms with Gasteiger partial charge in [0, 0.05) is 35.0 Å². The predicted molar refractivity (Wildman–Crippen MR) is 167 cm³/mol. The van der Waals surface area contributed by atoms with Gasteiger partial charge in [-0.2, -0.15) is 4.98 Å². The average Bonchev–Trinajstić information content (AvgIpc) is 2.93. The molecule has 0 saturated heterocycles. The molecular formula is C31H35BN6O3S. The van der Waals surface area contributed by atoms with Gasteiger partial charge >= 0.3 is 5.97 Å². The SMILES string of the molecule is [B]c1cnc(CNC(COc2cc(-c3c(C)cccc3C)nc(NSc3cccc(C(=O)O)c3)n2)CC(C)(C)C)nc1. The lowest BCUT2D eigenvalue weighted by Gasteiger charge is -2.27. The van der Waals surface area contributed by atoms with Crippen LogP contribution >= 0.6 is 11.9 Å². The number of benzene rings is 2. The Bertz CT molecular complexity index is 1510. The van der Waals surface area contributed by atoms with E-state index in [0.29, 0.717) is 36.3 Å². The Balaban J connectivity index is 1.57. The van der Waals surface area contributed by atoms with E-state index >= 15 is 0 Å². The quantitative estimate of drug-likeness (QED) is 0.153. The first-order chi connectivity index (χ1) is 20.0. The van der Waals surface area contributed by atoms with Gasteiger partial charge in [0.25, 0.3) is 0 Å². The Morgan fingerprint density at radius 2 is 1.74 bits per heavy atom. The summed E-state index contributed by atoms with van der Waals surface area (Å²) in [5.74, 6) is 0.446. The third-order valence-corrected chi connectivity index (χ3v) is 7.12. The second kappa shape index (κ2) is 13.8. The summed E-state index contributed by atoms with van der Waals surface area (Å²) in [6, 6.07) is 14.6. The Hall–Kier alpha value is -3.96. The molecule has 0 aliphatic rings. The van der Waals surface area contributed by atoms with Crippen molar-refractivity contribution in [3.8, 4) is 17.1 Å². The van der Waals surface area contributed by atoms with Gasteiger partial charge in [-0.15, -0.1) is 0 Å². The average molecular weight is 583 g/mol. The van der Waals surface area contributed by atoms with Crippen molar-refractivity contribution in [3.05, 3.63) is 83.4 Å². The molecule has 2 aromatic carbocycles. The number of aromatic nitrogens is 4. The highest BCUT2D eigenvalue weighted by Gasteiger charge is 2.21. The molecule has 2 aromatic heterocycles. The number of nitrogens with zero attached hydrogens (tertiary/aromatic N) is 4. The predicted octanol–water partition coefficient (Wildman–Crippen LogP) is 5.14. The molecule has 4 aromatic rings. The highest BCUT2D eigenvalue weighted by Crippen LogP contribution is 2.30. The van der Waals surface area contributed by atoms with E-state index in [-0.39, 0.29) is 17.0 Å². The maximum absolute atomic E-state index is 11.4. The number of carboxylic acid groups (broad SMARTS) is 1. The molecule has 9 nitrogen and oxygen atoms in total. The van der Waals surface area contributed by atoms with Gasteiger partial charge in [0.05, 0.1) is 17.8 Å². The zero-order chi connectivity index (χ0) is 30.3. The van der Waals surface area contributed by atoms with Crippen molar-refractivity contribution in [3.63, 3.8) is 0 Å². The molecule has 0 fully saturated rings. The Kier molecular flexibility index (Phi) is 10.2. The van der Waals surface area contributed by atoms with Crippen LogP contribution in [0.2, 0.25) is 0 Å². The van der Waals surface area contributed by atoms with Crippen LogP contribution < -0.4 is 20.2 Å². The molecule has 3 N–H and O–H groups in total. The topological polar surface area (TPSA) is 122 Å². The van der Waals surface area contributed by atoms with E-state index in [1.54, 1.807) is 30.6 Å². The van der Waals surface area contributed by atoms with Crippen LogP contribution in [0.1, 0.15) is 54.5 Å². The summed E-state index contributed by atoms with van der Waals surface area (Å²) >= 11 is 1.24. The number of hydrogen-bond donors (Lipinski definition) is 3. The normalized spacial score (nSPS) is 12.1. The van der Waals surface area contributed by atoms with E-state index in [9.17, 15) is 9.90 Å². The summed E-state index contributed by atoms with van der Waals surface area (Å²) in [6.07, 6.45) is 4.04. The molecule has 0 amide bonds. The van der Waals surface area contributed by atoms with E-state index in [1.165, 1.54) is 11.9 Å². The van der Waals surface area contributed by atoms with Crippen molar-refractivity contribution >= 4 is 37.2 Å². The molecule has 11 heteroatoms. The van der Waals surface area contributed by atoms with Gasteiger partial charge in [0.1, 0.15) is 20.3 Å². The maximum Gasteiger partial charge on any atom is 0.335 e. The van der Waals surface area contributed by atoms with Gasteiger partial charge in [0.2, 0.25) is 11.8 Å². The summed E-state index contributed by atoms with van der Waals surface area (Å²) in [5, 5.41) is 12.9. The zero-order valence-corrected chi connectivity index (χ0v) is 25.3. The van der Waals surface area contributed by atoms with E-state index < -0.39 is 5.97 Å². The molecule has 0 spiro atoms. The highest BCUT2D eigenvalue weighted by molar-refractivity contribution is 8.00.